The molecule has 4 aromatic rings. The molecule has 0 fully saturated rings. The summed E-state index contributed by atoms with van der Waals surface area (Å²) < 4.78 is 75.1. The number of sulfonamides is 1. The van der Waals surface area contributed by atoms with E-state index in [0.29, 0.717) is 15.5 Å². The molecule has 14 heteroatoms. The van der Waals surface area contributed by atoms with Gasteiger partial charge in [0.15, 0.2) is 5.69 Å². The summed E-state index contributed by atoms with van der Waals surface area (Å²) in [4.78, 5) is 12.9. The number of amidine groups is 1. The van der Waals surface area contributed by atoms with Crippen molar-refractivity contribution in [2.75, 3.05) is 16.9 Å². The Hall–Kier alpha value is -4.36. The summed E-state index contributed by atoms with van der Waals surface area (Å²) in [6, 6.07) is 19.2. The summed E-state index contributed by atoms with van der Waals surface area (Å²) in [6.45, 7) is 0. The lowest BCUT2D eigenvalue weighted by Crippen LogP contribution is -2.22. The Labute approximate surface area is 226 Å². The van der Waals surface area contributed by atoms with Crippen molar-refractivity contribution in [3.8, 4) is 11.4 Å². The van der Waals surface area contributed by atoms with Crippen LogP contribution in [0.25, 0.3) is 5.69 Å². The third-order valence-electron chi connectivity index (χ3n) is 4.93. The minimum Gasteiger partial charge on any atom is -0.425 e. The van der Waals surface area contributed by atoms with E-state index in [1.807, 2.05) is 0 Å². The fourth-order valence-electron chi connectivity index (χ4n) is 3.38. The number of halogens is 4. The lowest BCUT2D eigenvalue weighted by molar-refractivity contribution is -0.143. The standard InChI is InChI=1S/C25H19ClF3N5O4S/c1-39(36,37)33-24(38-20-8-3-2-4-9-20)32-18-7-5-6-17(14-18)31-23(35)21-15-30-34(22(21)25(27,28)29)19-12-10-16(26)11-13-19/h2-15H,1H3,(H,31,35)(H,32,33). The summed E-state index contributed by atoms with van der Waals surface area (Å²) in [7, 11) is -3.86. The fraction of sp³-hybridized carbons (Fsp3) is 0.0800. The normalized spacial score (nSPS) is 12.2. The van der Waals surface area contributed by atoms with Crippen molar-refractivity contribution in [1.29, 1.82) is 0 Å². The summed E-state index contributed by atoms with van der Waals surface area (Å²) in [5.74, 6) is -0.764. The van der Waals surface area contributed by atoms with Crippen LogP contribution >= 0.6 is 11.6 Å². The van der Waals surface area contributed by atoms with Gasteiger partial charge in [0.1, 0.15) is 5.75 Å². The number of amides is 1. The maximum Gasteiger partial charge on any atom is 0.434 e. The van der Waals surface area contributed by atoms with Gasteiger partial charge < -0.3 is 15.4 Å². The second-order valence-electron chi connectivity index (χ2n) is 8.00. The number of aromatic nitrogens is 2. The van der Waals surface area contributed by atoms with E-state index in [4.69, 9.17) is 16.3 Å². The van der Waals surface area contributed by atoms with E-state index in [2.05, 4.69) is 20.1 Å². The molecular formula is C25H19ClF3N5O4S. The first-order chi connectivity index (χ1) is 18.4. The number of carbonyl (C=O) groups excluding carboxylic acids is 1. The van der Waals surface area contributed by atoms with Crippen LogP contribution in [0.3, 0.4) is 0 Å². The van der Waals surface area contributed by atoms with Crippen molar-refractivity contribution >= 4 is 44.9 Å². The summed E-state index contributed by atoms with van der Waals surface area (Å²) in [5, 5.41) is 9.19. The van der Waals surface area contributed by atoms with Crippen molar-refractivity contribution < 1.29 is 31.1 Å². The quantitative estimate of drug-likeness (QED) is 0.228. The number of nitrogens with zero attached hydrogens (tertiary/aromatic N) is 3. The number of hydrogen-bond donors (Lipinski definition) is 2. The smallest absolute Gasteiger partial charge is 0.425 e. The second-order valence-corrected chi connectivity index (χ2v) is 10.1. The minimum atomic E-state index is -4.90. The van der Waals surface area contributed by atoms with Crippen molar-refractivity contribution in [2.45, 2.75) is 6.18 Å². The maximum absolute atomic E-state index is 14.0. The van der Waals surface area contributed by atoms with Crippen LogP contribution in [0, 0.1) is 0 Å². The predicted molar refractivity (Wildman–Crippen MR) is 141 cm³/mol. The van der Waals surface area contributed by atoms with E-state index in [9.17, 15) is 26.4 Å². The van der Waals surface area contributed by atoms with E-state index in [1.165, 1.54) is 48.5 Å². The highest BCUT2D eigenvalue weighted by Gasteiger charge is 2.40. The molecule has 0 bridgehead atoms. The van der Waals surface area contributed by atoms with Crippen LogP contribution in [0.4, 0.5) is 24.5 Å². The zero-order chi connectivity index (χ0) is 28.2. The molecular weight excluding hydrogens is 559 g/mol. The van der Waals surface area contributed by atoms with Crippen LogP contribution in [-0.4, -0.2) is 36.4 Å². The molecule has 2 N–H and O–H groups in total. The first kappa shape index (κ1) is 27.7. The fourth-order valence-corrected chi connectivity index (χ4v) is 3.89. The largest absolute Gasteiger partial charge is 0.434 e. The van der Waals surface area contributed by atoms with Gasteiger partial charge in [-0.2, -0.15) is 18.3 Å². The first-order valence-electron chi connectivity index (χ1n) is 11.0. The van der Waals surface area contributed by atoms with E-state index in [0.717, 1.165) is 12.5 Å². The molecule has 0 saturated carbocycles. The molecule has 4 rings (SSSR count). The van der Waals surface area contributed by atoms with Crippen molar-refractivity contribution in [3.63, 3.8) is 0 Å². The molecule has 39 heavy (non-hydrogen) atoms. The van der Waals surface area contributed by atoms with Crippen LogP contribution in [0.1, 0.15) is 16.1 Å². The highest BCUT2D eigenvalue weighted by Crippen LogP contribution is 2.34. The van der Waals surface area contributed by atoms with E-state index in [-0.39, 0.29) is 23.1 Å². The lowest BCUT2D eigenvalue weighted by atomic mass is 10.2. The van der Waals surface area contributed by atoms with Crippen LogP contribution in [0.15, 0.2) is 89.5 Å². The molecule has 0 atom stereocenters. The van der Waals surface area contributed by atoms with Crippen LogP contribution in [0.2, 0.25) is 5.02 Å². The van der Waals surface area contributed by atoms with Gasteiger partial charge in [-0.15, -0.1) is 4.40 Å². The zero-order valence-electron chi connectivity index (χ0n) is 20.0. The lowest BCUT2D eigenvalue weighted by Gasteiger charge is -2.14. The van der Waals surface area contributed by atoms with Gasteiger partial charge in [-0.05, 0) is 54.6 Å². The highest BCUT2D eigenvalue weighted by molar-refractivity contribution is 7.89. The Kier molecular flexibility index (Phi) is 7.93. The Bertz CT molecular complexity index is 1620. The zero-order valence-corrected chi connectivity index (χ0v) is 21.6. The minimum absolute atomic E-state index is 0.0630. The summed E-state index contributed by atoms with van der Waals surface area (Å²) in [6.07, 6.45) is -3.21. The summed E-state index contributed by atoms with van der Waals surface area (Å²) in [5.41, 5.74) is -1.57. The molecule has 0 radical (unpaired) electrons. The van der Waals surface area contributed by atoms with E-state index in [1.54, 1.807) is 30.3 Å². The number of alkyl halides is 3. The molecule has 1 aromatic heterocycles. The Morgan fingerprint density at radius 3 is 2.23 bits per heavy atom. The predicted octanol–water partition coefficient (Wildman–Crippen LogP) is 5.60. The number of rotatable bonds is 6. The molecule has 0 aliphatic heterocycles. The van der Waals surface area contributed by atoms with Gasteiger partial charge in [0, 0.05) is 16.4 Å². The molecule has 1 heterocycles. The SMILES string of the molecule is CS(=O)(=O)/N=C(/Nc1cccc(NC(=O)c2cnn(-c3ccc(Cl)cc3)c2C(F)(F)F)c1)Oc1ccccc1. The highest BCUT2D eigenvalue weighted by atomic mass is 35.5. The Balaban J connectivity index is 1.59. The molecule has 0 spiro atoms. The molecule has 202 valence electrons. The second kappa shape index (κ2) is 11.2. The number of ether oxygens (including phenoxy) is 1. The third kappa shape index (κ3) is 7.36. The van der Waals surface area contributed by atoms with Gasteiger partial charge >= 0.3 is 12.2 Å². The average molecular weight is 578 g/mol. The van der Waals surface area contributed by atoms with Crippen LogP contribution < -0.4 is 15.4 Å². The Morgan fingerprint density at radius 2 is 1.62 bits per heavy atom. The number of anilines is 2. The monoisotopic (exact) mass is 577 g/mol. The molecule has 3 aromatic carbocycles. The third-order valence-corrected chi connectivity index (χ3v) is 5.68. The Morgan fingerprint density at radius 1 is 0.974 bits per heavy atom. The number of hydrogen-bond acceptors (Lipinski definition) is 5. The van der Waals surface area contributed by atoms with Gasteiger partial charge in [0.2, 0.25) is 0 Å². The van der Waals surface area contributed by atoms with Gasteiger partial charge in [0.25, 0.3) is 15.9 Å². The number of nitrogens with one attached hydrogen (secondary N) is 2. The average Bonchev–Trinajstić information content (AvgIpc) is 3.31. The van der Waals surface area contributed by atoms with Crippen LogP contribution in [-0.2, 0) is 16.2 Å². The van der Waals surface area contributed by atoms with Crippen molar-refractivity contribution in [2.24, 2.45) is 4.40 Å². The topological polar surface area (TPSA) is 115 Å². The van der Waals surface area contributed by atoms with Gasteiger partial charge in [-0.25, -0.2) is 13.1 Å². The van der Waals surface area contributed by atoms with Gasteiger partial charge in [-0.1, -0.05) is 35.9 Å². The first-order valence-corrected chi connectivity index (χ1v) is 13.2. The van der Waals surface area contributed by atoms with Crippen molar-refractivity contribution in [1.82, 2.24) is 9.78 Å². The number of para-hydroxylation sites is 1. The van der Waals surface area contributed by atoms with Crippen molar-refractivity contribution in [3.05, 3.63) is 101 Å². The molecule has 1 amide bonds. The molecule has 0 unspecified atom stereocenters. The molecule has 0 saturated heterocycles. The molecule has 0 aliphatic carbocycles. The van der Waals surface area contributed by atoms with Crippen LogP contribution in [0.5, 0.6) is 5.75 Å². The summed E-state index contributed by atoms with van der Waals surface area (Å²) >= 11 is 5.82. The van der Waals surface area contributed by atoms with E-state index >= 15 is 0 Å². The van der Waals surface area contributed by atoms with Gasteiger partial charge in [0.05, 0.1) is 23.7 Å². The van der Waals surface area contributed by atoms with E-state index < -0.39 is 33.4 Å². The number of benzene rings is 3. The molecule has 0 aliphatic rings. The number of carbonyl (C=O) groups is 1. The maximum atomic E-state index is 14.0. The molecule has 9 nitrogen and oxygen atoms in total. The van der Waals surface area contributed by atoms with Gasteiger partial charge in [-0.3, -0.25) is 4.79 Å².